The smallest absolute Gasteiger partial charge is 0.231 e. The molecule has 3 N–H and O–H groups in total. The van der Waals surface area contributed by atoms with Gasteiger partial charge in [-0.05, 0) is 30.2 Å². The highest BCUT2D eigenvalue weighted by molar-refractivity contribution is 6.02. The van der Waals surface area contributed by atoms with Crippen molar-refractivity contribution in [1.82, 2.24) is 5.32 Å². The van der Waals surface area contributed by atoms with E-state index in [-0.39, 0.29) is 11.9 Å². The second kappa shape index (κ2) is 5.72. The molecule has 1 aromatic rings. The largest absolute Gasteiger partial charge is 0.328 e. The lowest BCUT2D eigenvalue weighted by molar-refractivity contribution is -0.118. The monoisotopic (exact) mass is 261 g/mol. The van der Waals surface area contributed by atoms with Crippen LogP contribution in [0.25, 0.3) is 0 Å². The molecule has 1 unspecified atom stereocenters. The Morgan fingerprint density at radius 2 is 2.16 bits per heavy atom. The minimum Gasteiger partial charge on any atom is -0.328 e. The molecule has 19 heavy (non-hydrogen) atoms. The van der Waals surface area contributed by atoms with Gasteiger partial charge in [0.2, 0.25) is 5.91 Å². The number of carbonyl (C=O) groups excluding carboxylic acids is 1. The van der Waals surface area contributed by atoms with E-state index in [0.29, 0.717) is 18.9 Å². The molecule has 1 aromatic carbocycles. The van der Waals surface area contributed by atoms with E-state index in [1.807, 2.05) is 11.9 Å². The van der Waals surface area contributed by atoms with Crippen molar-refractivity contribution < 1.29 is 4.79 Å². The molecule has 1 amide bonds. The molecule has 1 aliphatic rings. The van der Waals surface area contributed by atoms with Gasteiger partial charge >= 0.3 is 0 Å². The summed E-state index contributed by atoms with van der Waals surface area (Å²) in [6.07, 6.45) is 0.496. The summed E-state index contributed by atoms with van der Waals surface area (Å²) in [5.41, 5.74) is 9.22. The van der Waals surface area contributed by atoms with Gasteiger partial charge in [0.15, 0.2) is 0 Å². The molecular weight excluding hydrogens is 238 g/mol. The molecule has 0 saturated carbocycles. The molecule has 0 saturated heterocycles. The third-order valence-electron chi connectivity index (χ3n) is 3.74. The SMILES string of the molecule is CNCc1ccc2c(c1)CC(=O)N2C(CN)C(C)C. The van der Waals surface area contributed by atoms with Gasteiger partial charge in [0.1, 0.15) is 0 Å². The maximum absolute atomic E-state index is 12.3. The summed E-state index contributed by atoms with van der Waals surface area (Å²) in [5.74, 6) is 0.526. The first-order chi connectivity index (χ1) is 9.08. The normalized spacial score (nSPS) is 16.1. The van der Waals surface area contributed by atoms with Crippen molar-refractivity contribution in [3.8, 4) is 0 Å². The number of amides is 1. The third kappa shape index (κ3) is 2.65. The molecule has 0 aromatic heterocycles. The molecule has 0 fully saturated rings. The number of hydrogen-bond acceptors (Lipinski definition) is 3. The van der Waals surface area contributed by atoms with Gasteiger partial charge in [-0.2, -0.15) is 0 Å². The average Bonchev–Trinajstić information content (AvgIpc) is 2.67. The summed E-state index contributed by atoms with van der Waals surface area (Å²) in [4.78, 5) is 14.2. The van der Waals surface area contributed by atoms with Gasteiger partial charge in [0.25, 0.3) is 0 Å². The van der Waals surface area contributed by atoms with Gasteiger partial charge in [-0.25, -0.2) is 0 Å². The topological polar surface area (TPSA) is 58.4 Å². The Hall–Kier alpha value is -1.39. The van der Waals surface area contributed by atoms with E-state index in [2.05, 4.69) is 37.4 Å². The summed E-state index contributed by atoms with van der Waals surface area (Å²) in [5, 5.41) is 3.13. The van der Waals surface area contributed by atoms with E-state index in [4.69, 9.17) is 5.73 Å². The van der Waals surface area contributed by atoms with Crippen LogP contribution in [0.2, 0.25) is 0 Å². The van der Waals surface area contributed by atoms with Gasteiger partial charge in [0, 0.05) is 18.8 Å². The van der Waals surface area contributed by atoms with E-state index in [1.54, 1.807) is 0 Å². The third-order valence-corrected chi connectivity index (χ3v) is 3.74. The Labute approximate surface area is 115 Å². The van der Waals surface area contributed by atoms with Crippen LogP contribution in [0.15, 0.2) is 18.2 Å². The van der Waals surface area contributed by atoms with Crippen molar-refractivity contribution in [1.29, 1.82) is 0 Å². The number of nitrogens with one attached hydrogen (secondary N) is 1. The maximum atomic E-state index is 12.3. The Kier molecular flexibility index (Phi) is 4.22. The molecule has 2 rings (SSSR count). The van der Waals surface area contributed by atoms with Crippen molar-refractivity contribution in [2.24, 2.45) is 11.7 Å². The number of anilines is 1. The van der Waals surface area contributed by atoms with E-state index >= 15 is 0 Å². The van der Waals surface area contributed by atoms with Crippen LogP contribution in [0.3, 0.4) is 0 Å². The van der Waals surface area contributed by atoms with Gasteiger partial charge < -0.3 is 16.0 Å². The number of nitrogens with two attached hydrogens (primary N) is 1. The first-order valence-electron chi connectivity index (χ1n) is 6.87. The van der Waals surface area contributed by atoms with Crippen LogP contribution in [-0.4, -0.2) is 25.5 Å². The fourth-order valence-corrected chi connectivity index (χ4v) is 2.75. The lowest BCUT2D eigenvalue weighted by Crippen LogP contribution is -2.46. The number of nitrogens with zero attached hydrogens (tertiary/aromatic N) is 1. The summed E-state index contributed by atoms with van der Waals surface area (Å²) in [6, 6.07) is 6.34. The molecule has 0 spiro atoms. The molecule has 4 heteroatoms. The van der Waals surface area contributed by atoms with Crippen LogP contribution in [0.4, 0.5) is 5.69 Å². The van der Waals surface area contributed by atoms with Crippen molar-refractivity contribution in [2.75, 3.05) is 18.5 Å². The van der Waals surface area contributed by atoms with E-state index in [0.717, 1.165) is 17.8 Å². The molecular formula is C15H23N3O. The Bertz CT molecular complexity index is 470. The molecule has 4 nitrogen and oxygen atoms in total. The summed E-state index contributed by atoms with van der Waals surface area (Å²) in [6.45, 7) is 5.55. The molecule has 1 heterocycles. The second-order valence-electron chi connectivity index (χ2n) is 5.48. The molecule has 0 radical (unpaired) electrons. The minimum atomic E-state index is 0.0869. The van der Waals surface area contributed by atoms with Crippen LogP contribution in [0.5, 0.6) is 0 Å². The van der Waals surface area contributed by atoms with Crippen molar-refractivity contribution in [3.63, 3.8) is 0 Å². The van der Waals surface area contributed by atoms with E-state index in [1.165, 1.54) is 5.56 Å². The molecule has 0 bridgehead atoms. The predicted octanol–water partition coefficient (Wildman–Crippen LogP) is 1.28. The van der Waals surface area contributed by atoms with Crippen molar-refractivity contribution >= 4 is 11.6 Å². The zero-order valence-electron chi connectivity index (χ0n) is 11.9. The fraction of sp³-hybridized carbons (Fsp3) is 0.533. The zero-order valence-corrected chi connectivity index (χ0v) is 11.9. The van der Waals surface area contributed by atoms with Crippen LogP contribution in [0, 0.1) is 5.92 Å². The van der Waals surface area contributed by atoms with Crippen molar-refractivity contribution in [3.05, 3.63) is 29.3 Å². The van der Waals surface area contributed by atoms with Gasteiger partial charge in [0.05, 0.1) is 12.5 Å². The molecule has 1 aliphatic heterocycles. The number of benzene rings is 1. The minimum absolute atomic E-state index is 0.0869. The molecule has 104 valence electrons. The van der Waals surface area contributed by atoms with Crippen LogP contribution in [-0.2, 0) is 17.8 Å². The van der Waals surface area contributed by atoms with Gasteiger partial charge in [-0.3, -0.25) is 4.79 Å². The second-order valence-corrected chi connectivity index (χ2v) is 5.48. The highest BCUT2D eigenvalue weighted by Gasteiger charge is 2.33. The molecule has 0 aliphatic carbocycles. The Morgan fingerprint density at radius 3 is 2.74 bits per heavy atom. The highest BCUT2D eigenvalue weighted by Crippen LogP contribution is 2.32. The standard InChI is InChI=1S/C15H23N3O/c1-10(2)14(8-16)18-13-5-4-11(9-17-3)6-12(13)7-15(18)19/h4-6,10,14,17H,7-9,16H2,1-3H3. The maximum Gasteiger partial charge on any atom is 0.231 e. The number of fused-ring (bicyclic) bond motifs is 1. The highest BCUT2D eigenvalue weighted by atomic mass is 16.2. The van der Waals surface area contributed by atoms with E-state index in [9.17, 15) is 4.79 Å². The van der Waals surface area contributed by atoms with Gasteiger partial charge in [-0.1, -0.05) is 26.0 Å². The summed E-state index contributed by atoms with van der Waals surface area (Å²) < 4.78 is 0. The van der Waals surface area contributed by atoms with Crippen LogP contribution < -0.4 is 16.0 Å². The van der Waals surface area contributed by atoms with Crippen molar-refractivity contribution in [2.45, 2.75) is 32.9 Å². The zero-order chi connectivity index (χ0) is 14.0. The number of rotatable bonds is 5. The fourth-order valence-electron chi connectivity index (χ4n) is 2.75. The van der Waals surface area contributed by atoms with E-state index < -0.39 is 0 Å². The quantitative estimate of drug-likeness (QED) is 0.839. The summed E-state index contributed by atoms with van der Waals surface area (Å²) >= 11 is 0. The van der Waals surface area contributed by atoms with Crippen LogP contribution >= 0.6 is 0 Å². The van der Waals surface area contributed by atoms with Crippen LogP contribution in [0.1, 0.15) is 25.0 Å². The first-order valence-corrected chi connectivity index (χ1v) is 6.87. The Morgan fingerprint density at radius 1 is 1.42 bits per heavy atom. The average molecular weight is 261 g/mol. The lowest BCUT2D eigenvalue weighted by Gasteiger charge is -2.30. The summed E-state index contributed by atoms with van der Waals surface area (Å²) in [7, 11) is 1.92. The Balaban J connectivity index is 2.33. The first kappa shape index (κ1) is 14.0. The molecule has 1 atom stereocenters. The number of carbonyl (C=O) groups is 1. The predicted molar refractivity (Wildman–Crippen MR) is 78.1 cm³/mol. The van der Waals surface area contributed by atoms with Gasteiger partial charge in [-0.15, -0.1) is 0 Å². The lowest BCUT2D eigenvalue weighted by atomic mass is 10.0. The number of hydrogen-bond donors (Lipinski definition) is 2.